The first-order valence-corrected chi connectivity index (χ1v) is 13.7. The summed E-state index contributed by atoms with van der Waals surface area (Å²) >= 11 is 6.08. The van der Waals surface area contributed by atoms with Gasteiger partial charge in [-0.25, -0.2) is 0 Å². The Morgan fingerprint density at radius 3 is 2.29 bits per heavy atom. The number of oxazole rings is 1. The van der Waals surface area contributed by atoms with Crippen molar-refractivity contribution in [1.29, 1.82) is 0 Å². The normalized spacial score (nSPS) is 17.5. The molecule has 0 radical (unpaired) electrons. The largest absolute Gasteiger partial charge is 0.424 e. The second-order valence-electron chi connectivity index (χ2n) is 10.4. The van der Waals surface area contributed by atoms with Crippen LogP contribution in [0.5, 0.6) is 0 Å². The molecule has 0 spiro atoms. The van der Waals surface area contributed by atoms with E-state index in [1.807, 2.05) is 42.5 Å². The van der Waals surface area contributed by atoms with Crippen LogP contribution in [-0.4, -0.2) is 28.9 Å². The van der Waals surface area contributed by atoms with E-state index in [0.717, 1.165) is 18.7 Å². The van der Waals surface area contributed by atoms with Crippen LogP contribution in [0.2, 0.25) is 5.02 Å². The molecule has 5 rings (SSSR count). The van der Waals surface area contributed by atoms with E-state index in [-0.39, 0.29) is 5.91 Å². The SMILES string of the molecule is O=C(c1ccc2oc(NCc3cccc(Cl)c3)nc2c1)N(CC1CCCCC1)CC1CCCCC1. The molecule has 0 bridgehead atoms. The van der Waals surface area contributed by atoms with Gasteiger partial charge in [0.15, 0.2) is 5.58 Å². The Morgan fingerprint density at radius 1 is 0.943 bits per heavy atom. The van der Waals surface area contributed by atoms with Crippen LogP contribution in [0.4, 0.5) is 6.01 Å². The van der Waals surface area contributed by atoms with E-state index in [9.17, 15) is 4.79 Å². The molecule has 2 saturated carbocycles. The summed E-state index contributed by atoms with van der Waals surface area (Å²) in [5.41, 5.74) is 3.15. The van der Waals surface area contributed by atoms with Crippen molar-refractivity contribution in [1.82, 2.24) is 9.88 Å². The highest BCUT2D eigenvalue weighted by molar-refractivity contribution is 6.30. The highest BCUT2D eigenvalue weighted by Gasteiger charge is 2.26. The molecular formula is C29H36ClN3O2. The van der Waals surface area contributed by atoms with Crippen LogP contribution in [0, 0.1) is 11.8 Å². The van der Waals surface area contributed by atoms with Crippen LogP contribution in [0.3, 0.4) is 0 Å². The number of rotatable bonds is 8. The van der Waals surface area contributed by atoms with E-state index in [2.05, 4.69) is 15.2 Å². The number of fused-ring (bicyclic) bond motifs is 1. The number of anilines is 1. The fourth-order valence-corrected chi connectivity index (χ4v) is 5.96. The molecule has 0 aliphatic heterocycles. The predicted molar refractivity (Wildman–Crippen MR) is 142 cm³/mol. The second kappa shape index (κ2) is 11.5. The maximum absolute atomic E-state index is 13.7. The molecule has 2 aliphatic carbocycles. The summed E-state index contributed by atoms with van der Waals surface area (Å²) < 4.78 is 5.88. The van der Waals surface area contributed by atoms with Crippen LogP contribution >= 0.6 is 11.6 Å². The Morgan fingerprint density at radius 2 is 1.63 bits per heavy atom. The molecule has 1 heterocycles. The summed E-state index contributed by atoms with van der Waals surface area (Å²) in [5, 5.41) is 3.93. The van der Waals surface area contributed by atoms with Crippen LogP contribution < -0.4 is 5.32 Å². The van der Waals surface area contributed by atoms with E-state index in [0.29, 0.717) is 46.1 Å². The molecule has 0 atom stereocenters. The first-order chi connectivity index (χ1) is 17.1. The van der Waals surface area contributed by atoms with Crippen LogP contribution in [0.25, 0.3) is 11.1 Å². The first kappa shape index (κ1) is 24.2. The number of carbonyl (C=O) groups excluding carboxylic acids is 1. The van der Waals surface area contributed by atoms with Crippen molar-refractivity contribution in [2.24, 2.45) is 11.8 Å². The Kier molecular flexibility index (Phi) is 7.92. The van der Waals surface area contributed by atoms with Gasteiger partial charge in [0, 0.05) is 30.2 Å². The lowest BCUT2D eigenvalue weighted by Gasteiger charge is -2.33. The third-order valence-electron chi connectivity index (χ3n) is 7.66. The number of hydrogen-bond acceptors (Lipinski definition) is 4. The lowest BCUT2D eigenvalue weighted by atomic mass is 9.86. The zero-order valence-corrected chi connectivity index (χ0v) is 21.2. The molecule has 35 heavy (non-hydrogen) atoms. The van der Waals surface area contributed by atoms with Gasteiger partial charge in [-0.2, -0.15) is 4.98 Å². The standard InChI is InChI=1S/C29H36ClN3O2/c30-25-13-7-12-23(16-25)18-31-29-32-26-17-24(14-15-27(26)35-29)28(34)33(19-21-8-3-1-4-9-21)20-22-10-5-2-6-11-22/h7,12-17,21-22H,1-6,8-11,18-20H2,(H,31,32). The van der Waals surface area contributed by atoms with Gasteiger partial charge >= 0.3 is 0 Å². The van der Waals surface area contributed by atoms with E-state index < -0.39 is 0 Å². The lowest BCUT2D eigenvalue weighted by molar-refractivity contribution is 0.0665. The average Bonchev–Trinajstić information content (AvgIpc) is 3.30. The summed E-state index contributed by atoms with van der Waals surface area (Å²) in [5.74, 6) is 1.41. The van der Waals surface area contributed by atoms with Crippen molar-refractivity contribution in [3.8, 4) is 0 Å². The summed E-state index contributed by atoms with van der Waals surface area (Å²) in [6.45, 7) is 2.34. The molecule has 1 N–H and O–H groups in total. The number of carbonyl (C=O) groups is 1. The molecule has 2 fully saturated rings. The van der Waals surface area contributed by atoms with Gasteiger partial charge in [-0.1, -0.05) is 62.3 Å². The predicted octanol–water partition coefficient (Wildman–Crippen LogP) is 7.70. The number of nitrogens with one attached hydrogen (secondary N) is 1. The molecular weight excluding hydrogens is 458 g/mol. The van der Waals surface area contributed by atoms with Crippen molar-refractivity contribution in [2.45, 2.75) is 70.8 Å². The smallest absolute Gasteiger partial charge is 0.295 e. The summed E-state index contributed by atoms with van der Waals surface area (Å²) in [7, 11) is 0. The van der Waals surface area contributed by atoms with Gasteiger partial charge in [0.25, 0.3) is 11.9 Å². The van der Waals surface area contributed by atoms with Crippen LogP contribution in [-0.2, 0) is 6.54 Å². The zero-order valence-electron chi connectivity index (χ0n) is 20.5. The van der Waals surface area contributed by atoms with Crippen molar-refractivity contribution in [3.05, 3.63) is 58.6 Å². The molecule has 3 aromatic rings. The lowest BCUT2D eigenvalue weighted by Crippen LogP contribution is -2.39. The third-order valence-corrected chi connectivity index (χ3v) is 7.90. The van der Waals surface area contributed by atoms with Crippen molar-refractivity contribution < 1.29 is 9.21 Å². The number of nitrogens with zero attached hydrogens (tertiary/aromatic N) is 2. The molecule has 2 aromatic carbocycles. The molecule has 5 nitrogen and oxygen atoms in total. The van der Waals surface area contributed by atoms with E-state index in [1.54, 1.807) is 0 Å². The fraction of sp³-hybridized carbons (Fsp3) is 0.517. The Bertz CT molecular complexity index is 1110. The topological polar surface area (TPSA) is 58.4 Å². The molecule has 1 amide bonds. The van der Waals surface area contributed by atoms with Crippen molar-refractivity contribution >= 4 is 34.6 Å². The Labute approximate surface area is 213 Å². The number of aromatic nitrogens is 1. The van der Waals surface area contributed by atoms with E-state index >= 15 is 0 Å². The number of halogens is 1. The molecule has 186 valence electrons. The van der Waals surface area contributed by atoms with E-state index in [4.69, 9.17) is 16.0 Å². The summed E-state index contributed by atoms with van der Waals surface area (Å²) in [4.78, 5) is 20.5. The maximum atomic E-state index is 13.7. The molecule has 1 aromatic heterocycles. The number of hydrogen-bond donors (Lipinski definition) is 1. The molecule has 0 unspecified atom stereocenters. The first-order valence-electron chi connectivity index (χ1n) is 13.3. The Hall–Kier alpha value is -2.53. The van der Waals surface area contributed by atoms with E-state index in [1.165, 1.54) is 64.2 Å². The monoisotopic (exact) mass is 493 g/mol. The minimum atomic E-state index is 0.138. The zero-order chi connectivity index (χ0) is 24.0. The van der Waals surface area contributed by atoms with Gasteiger partial charge < -0.3 is 14.6 Å². The summed E-state index contributed by atoms with van der Waals surface area (Å²) in [6, 6.07) is 13.8. The Balaban J connectivity index is 1.30. The highest BCUT2D eigenvalue weighted by atomic mass is 35.5. The van der Waals surface area contributed by atoms with Crippen LogP contribution in [0.1, 0.15) is 80.1 Å². The average molecular weight is 494 g/mol. The molecule has 0 saturated heterocycles. The minimum Gasteiger partial charge on any atom is -0.424 e. The molecule has 2 aliphatic rings. The minimum absolute atomic E-state index is 0.138. The van der Waals surface area contributed by atoms with Gasteiger partial charge in [-0.05, 0) is 73.4 Å². The highest BCUT2D eigenvalue weighted by Crippen LogP contribution is 2.29. The maximum Gasteiger partial charge on any atom is 0.295 e. The van der Waals surface area contributed by atoms with Crippen LogP contribution in [0.15, 0.2) is 46.9 Å². The van der Waals surface area contributed by atoms with Gasteiger partial charge in [0.1, 0.15) is 5.52 Å². The van der Waals surface area contributed by atoms with Gasteiger partial charge in [-0.15, -0.1) is 0 Å². The van der Waals surface area contributed by atoms with Gasteiger partial charge in [-0.3, -0.25) is 4.79 Å². The number of benzene rings is 2. The van der Waals surface area contributed by atoms with Crippen molar-refractivity contribution in [3.63, 3.8) is 0 Å². The van der Waals surface area contributed by atoms with Gasteiger partial charge in [0.2, 0.25) is 0 Å². The number of amides is 1. The molecule has 6 heteroatoms. The third kappa shape index (κ3) is 6.38. The van der Waals surface area contributed by atoms with Crippen molar-refractivity contribution in [2.75, 3.05) is 18.4 Å². The second-order valence-corrected chi connectivity index (χ2v) is 10.8. The summed E-state index contributed by atoms with van der Waals surface area (Å²) in [6.07, 6.45) is 12.9. The fourth-order valence-electron chi connectivity index (χ4n) is 5.75. The quantitative estimate of drug-likeness (QED) is 0.349. The van der Waals surface area contributed by atoms with Gasteiger partial charge in [0.05, 0.1) is 0 Å².